The number of hydrogen-bond donors (Lipinski definition) is 0. The van der Waals surface area contributed by atoms with Crippen LogP contribution in [0.1, 0.15) is 47.2 Å². The third-order valence-corrected chi connectivity index (χ3v) is 14.9. The number of rotatable bonds is 6. The van der Waals surface area contributed by atoms with Gasteiger partial charge in [-0.15, -0.1) is 0 Å². The van der Waals surface area contributed by atoms with Crippen LogP contribution in [0.25, 0.3) is 77.3 Å². The maximum absolute atomic E-state index is 6.76. The third-order valence-electron chi connectivity index (χ3n) is 14.9. The molecule has 0 saturated carbocycles. The fourth-order valence-electron chi connectivity index (χ4n) is 11.9. The fraction of sp³-hybridized carbons (Fsp3) is 0.0625. The normalized spacial score (nSPS) is 14.1. The molecule has 0 bridgehead atoms. The van der Waals surface area contributed by atoms with Gasteiger partial charge in [0.1, 0.15) is 22.3 Å². The molecular formula is C64H43NO2. The lowest BCUT2D eigenvalue weighted by atomic mass is 9.67. The second-order valence-electron chi connectivity index (χ2n) is 18.8. The summed E-state index contributed by atoms with van der Waals surface area (Å²) in [5.74, 6) is 0. The minimum atomic E-state index is -0.541. The SMILES string of the molecule is CC1(C)c2ccccc2-c2ccc(N(c3ccc4c(c3)C(c3ccccc3)(c3ccccc3)c3ccccc3-4)c3ccc4oc5cc6c(cc5c4c3)oc3cccc(-c4ccccc4)c36)cc21. The summed E-state index contributed by atoms with van der Waals surface area (Å²) in [5, 5.41) is 4.20. The van der Waals surface area contributed by atoms with E-state index < -0.39 is 5.41 Å². The zero-order valence-electron chi connectivity index (χ0n) is 37.1. The average Bonchev–Trinajstić information content (AvgIpc) is 4.09. The van der Waals surface area contributed by atoms with Crippen molar-refractivity contribution in [3.63, 3.8) is 0 Å². The van der Waals surface area contributed by atoms with Crippen LogP contribution in [-0.4, -0.2) is 0 Å². The molecule has 2 aromatic heterocycles. The first-order valence-electron chi connectivity index (χ1n) is 23.2. The van der Waals surface area contributed by atoms with E-state index in [9.17, 15) is 0 Å². The van der Waals surface area contributed by atoms with E-state index in [1.165, 1.54) is 55.6 Å². The van der Waals surface area contributed by atoms with Crippen LogP contribution in [0, 0.1) is 0 Å². The van der Waals surface area contributed by atoms with Crippen molar-refractivity contribution in [2.45, 2.75) is 24.7 Å². The molecule has 67 heavy (non-hydrogen) atoms. The van der Waals surface area contributed by atoms with E-state index in [0.717, 1.165) is 72.1 Å². The zero-order valence-corrected chi connectivity index (χ0v) is 37.1. The van der Waals surface area contributed by atoms with Gasteiger partial charge in [0, 0.05) is 44.0 Å². The second kappa shape index (κ2) is 14.1. The Labute approximate surface area is 388 Å². The smallest absolute Gasteiger partial charge is 0.136 e. The molecule has 14 rings (SSSR count). The molecule has 0 spiro atoms. The Kier molecular flexibility index (Phi) is 7.95. The van der Waals surface area contributed by atoms with Crippen molar-refractivity contribution >= 4 is 60.9 Å². The summed E-state index contributed by atoms with van der Waals surface area (Å²) in [6.45, 7) is 4.72. The van der Waals surface area contributed by atoms with Crippen LogP contribution in [0.4, 0.5) is 17.1 Å². The largest absolute Gasteiger partial charge is 0.456 e. The number of hydrogen-bond acceptors (Lipinski definition) is 3. The van der Waals surface area contributed by atoms with E-state index in [4.69, 9.17) is 8.83 Å². The van der Waals surface area contributed by atoms with Crippen molar-refractivity contribution in [3.8, 4) is 33.4 Å². The van der Waals surface area contributed by atoms with Gasteiger partial charge < -0.3 is 13.7 Å². The van der Waals surface area contributed by atoms with Crippen molar-refractivity contribution in [1.29, 1.82) is 0 Å². The van der Waals surface area contributed by atoms with Gasteiger partial charge in [0.25, 0.3) is 0 Å². The third kappa shape index (κ3) is 5.34. The zero-order chi connectivity index (χ0) is 44.4. The van der Waals surface area contributed by atoms with Crippen molar-refractivity contribution < 1.29 is 8.83 Å². The van der Waals surface area contributed by atoms with Crippen molar-refractivity contribution in [2.75, 3.05) is 4.90 Å². The molecule has 0 radical (unpaired) electrons. The first-order valence-corrected chi connectivity index (χ1v) is 23.2. The molecule has 12 aromatic rings. The molecule has 316 valence electrons. The van der Waals surface area contributed by atoms with Gasteiger partial charge in [0.15, 0.2) is 0 Å². The lowest BCUT2D eigenvalue weighted by Crippen LogP contribution is -2.28. The van der Waals surface area contributed by atoms with E-state index in [2.05, 4.69) is 243 Å². The second-order valence-corrected chi connectivity index (χ2v) is 18.8. The van der Waals surface area contributed by atoms with Gasteiger partial charge in [-0.25, -0.2) is 0 Å². The van der Waals surface area contributed by atoms with Crippen molar-refractivity contribution in [2.24, 2.45) is 0 Å². The van der Waals surface area contributed by atoms with Gasteiger partial charge in [0.2, 0.25) is 0 Å². The number of furan rings is 2. The molecule has 0 fully saturated rings. The Hall–Kier alpha value is -8.40. The monoisotopic (exact) mass is 857 g/mol. The molecule has 10 aromatic carbocycles. The van der Waals surface area contributed by atoms with Gasteiger partial charge in [-0.2, -0.15) is 0 Å². The summed E-state index contributed by atoms with van der Waals surface area (Å²) in [4.78, 5) is 2.45. The van der Waals surface area contributed by atoms with Crippen LogP contribution in [0.15, 0.2) is 233 Å². The molecule has 0 unspecified atom stereocenters. The molecule has 0 N–H and O–H groups in total. The predicted molar refractivity (Wildman–Crippen MR) is 276 cm³/mol. The Morgan fingerprint density at radius 2 is 0.821 bits per heavy atom. The first kappa shape index (κ1) is 37.9. The summed E-state index contributed by atoms with van der Waals surface area (Å²) in [6.07, 6.45) is 0. The molecule has 3 nitrogen and oxygen atoms in total. The van der Waals surface area contributed by atoms with Gasteiger partial charge in [-0.05, 0) is 127 Å². The topological polar surface area (TPSA) is 29.5 Å². The molecule has 0 saturated heterocycles. The highest BCUT2D eigenvalue weighted by Crippen LogP contribution is 2.58. The van der Waals surface area contributed by atoms with E-state index in [1.54, 1.807) is 0 Å². The standard InChI is InChI=1S/C64H43NO2/c1-63(2)54-26-14-12-23-47(54)49-32-29-44(36-56(49)63)65(45-30-33-50-48-24-13-15-27-55(48)64(57(50)37-45,41-19-8-4-9-20-41)42-21-10-5-11-22-42)43-31-34-58-51(35-43)52-38-61-53(39-60(52)66-58)62-46(25-16-28-59(62)67-61)40-17-6-3-7-18-40/h3-39H,1-2H3. The Morgan fingerprint density at radius 3 is 1.54 bits per heavy atom. The van der Waals surface area contributed by atoms with Crippen LogP contribution in [-0.2, 0) is 10.8 Å². The van der Waals surface area contributed by atoms with Gasteiger partial charge in [-0.3, -0.25) is 0 Å². The molecule has 0 atom stereocenters. The summed E-state index contributed by atoms with van der Waals surface area (Å²) in [5.41, 5.74) is 21.0. The van der Waals surface area contributed by atoms with Crippen LogP contribution in [0.5, 0.6) is 0 Å². The van der Waals surface area contributed by atoms with Gasteiger partial charge >= 0.3 is 0 Å². The predicted octanol–water partition coefficient (Wildman–Crippen LogP) is 17.3. The summed E-state index contributed by atoms with van der Waals surface area (Å²) < 4.78 is 13.4. The summed E-state index contributed by atoms with van der Waals surface area (Å²) in [6, 6.07) is 82.0. The highest BCUT2D eigenvalue weighted by Gasteiger charge is 2.46. The number of nitrogens with zero attached hydrogens (tertiary/aromatic N) is 1. The molecule has 2 aliphatic carbocycles. The minimum Gasteiger partial charge on any atom is -0.456 e. The lowest BCUT2D eigenvalue weighted by molar-refractivity contribution is 0.660. The van der Waals surface area contributed by atoms with E-state index >= 15 is 0 Å². The van der Waals surface area contributed by atoms with Crippen molar-refractivity contribution in [3.05, 3.63) is 258 Å². The quantitative estimate of drug-likeness (QED) is 0.167. The number of anilines is 3. The highest BCUT2D eigenvalue weighted by molar-refractivity contribution is 6.18. The van der Waals surface area contributed by atoms with Gasteiger partial charge in [-0.1, -0.05) is 178 Å². The van der Waals surface area contributed by atoms with E-state index in [0.29, 0.717) is 0 Å². The average molecular weight is 858 g/mol. The Balaban J connectivity index is 1.01. The van der Waals surface area contributed by atoms with Crippen LogP contribution < -0.4 is 4.90 Å². The number of fused-ring (bicyclic) bond motifs is 12. The molecule has 2 aliphatic rings. The van der Waals surface area contributed by atoms with Crippen LogP contribution in [0.2, 0.25) is 0 Å². The molecular weight excluding hydrogens is 815 g/mol. The van der Waals surface area contributed by atoms with Crippen molar-refractivity contribution in [1.82, 2.24) is 0 Å². The summed E-state index contributed by atoms with van der Waals surface area (Å²) in [7, 11) is 0. The maximum atomic E-state index is 6.76. The van der Waals surface area contributed by atoms with Crippen LogP contribution >= 0.6 is 0 Å². The highest BCUT2D eigenvalue weighted by atomic mass is 16.3. The van der Waals surface area contributed by atoms with Crippen LogP contribution in [0.3, 0.4) is 0 Å². The Bertz CT molecular complexity index is 3910. The number of benzene rings is 10. The van der Waals surface area contributed by atoms with E-state index in [-0.39, 0.29) is 5.41 Å². The molecule has 0 amide bonds. The van der Waals surface area contributed by atoms with Gasteiger partial charge in [0.05, 0.1) is 5.41 Å². The lowest BCUT2D eigenvalue weighted by Gasteiger charge is -2.35. The Morgan fingerprint density at radius 1 is 0.328 bits per heavy atom. The molecule has 3 heteroatoms. The fourth-order valence-corrected chi connectivity index (χ4v) is 11.9. The summed E-state index contributed by atoms with van der Waals surface area (Å²) >= 11 is 0. The van der Waals surface area contributed by atoms with E-state index in [1.807, 2.05) is 0 Å². The minimum absolute atomic E-state index is 0.175. The molecule has 0 aliphatic heterocycles. The molecule has 2 heterocycles. The first-order chi connectivity index (χ1) is 33.0. The maximum Gasteiger partial charge on any atom is 0.136 e.